The van der Waals surface area contributed by atoms with Crippen molar-refractivity contribution in [3.8, 4) is 0 Å². The third-order valence-electron chi connectivity index (χ3n) is 3.40. The van der Waals surface area contributed by atoms with Crippen molar-refractivity contribution >= 4 is 0 Å². The molecule has 1 heterocycles. The number of aliphatic hydroxyl groups is 1. The first-order valence-electron chi connectivity index (χ1n) is 6.36. The molecule has 3 heteroatoms. The minimum Gasteiger partial charge on any atom is -0.390 e. The van der Waals surface area contributed by atoms with Crippen LogP contribution in [-0.4, -0.2) is 20.5 Å². The Hall–Kier alpha value is -0.830. The van der Waals surface area contributed by atoms with Gasteiger partial charge < -0.3 is 5.11 Å². The Kier molecular flexibility index (Phi) is 4.54. The minimum absolute atomic E-state index is 0.571. The molecule has 0 atom stereocenters. The Morgan fingerprint density at radius 3 is 2.31 bits per heavy atom. The van der Waals surface area contributed by atoms with E-state index in [1.807, 2.05) is 18.5 Å². The summed E-state index contributed by atoms with van der Waals surface area (Å²) in [6, 6.07) is 2.12. The average molecular weight is 224 g/mol. The zero-order valence-corrected chi connectivity index (χ0v) is 11.0. The van der Waals surface area contributed by atoms with Gasteiger partial charge in [0.1, 0.15) is 0 Å². The molecule has 0 aliphatic rings. The van der Waals surface area contributed by atoms with E-state index < -0.39 is 5.60 Å². The maximum absolute atomic E-state index is 10.3. The van der Waals surface area contributed by atoms with Crippen LogP contribution in [0.25, 0.3) is 0 Å². The summed E-state index contributed by atoms with van der Waals surface area (Å²) >= 11 is 0. The van der Waals surface area contributed by atoms with Crippen LogP contribution >= 0.6 is 0 Å². The topological polar surface area (TPSA) is 38.0 Å². The van der Waals surface area contributed by atoms with Gasteiger partial charge in [-0.15, -0.1) is 0 Å². The van der Waals surface area contributed by atoms with Gasteiger partial charge in [-0.2, -0.15) is 5.10 Å². The van der Waals surface area contributed by atoms with Crippen LogP contribution in [0.3, 0.4) is 0 Å². The molecule has 1 N–H and O–H groups in total. The van der Waals surface area contributed by atoms with Gasteiger partial charge >= 0.3 is 0 Å². The summed E-state index contributed by atoms with van der Waals surface area (Å²) in [4.78, 5) is 0. The molecule has 0 unspecified atom stereocenters. The molecule has 0 spiro atoms. The first-order chi connectivity index (χ1) is 7.58. The summed E-state index contributed by atoms with van der Waals surface area (Å²) in [6.45, 7) is 9.15. The fourth-order valence-corrected chi connectivity index (χ4v) is 1.94. The van der Waals surface area contributed by atoms with E-state index in [1.54, 1.807) is 0 Å². The van der Waals surface area contributed by atoms with Crippen molar-refractivity contribution in [3.05, 3.63) is 17.5 Å². The molecule has 0 fully saturated rings. The number of nitrogens with zero attached hydrogens (tertiary/aromatic N) is 2. The number of hydrogen-bond donors (Lipinski definition) is 1. The molecule has 0 saturated heterocycles. The van der Waals surface area contributed by atoms with E-state index in [-0.39, 0.29) is 0 Å². The SMILES string of the molecule is CCc1cc(CC(O)(CC)CC)n(CC)n1. The largest absolute Gasteiger partial charge is 0.390 e. The van der Waals surface area contributed by atoms with E-state index in [0.717, 1.165) is 37.2 Å². The van der Waals surface area contributed by atoms with Crippen molar-refractivity contribution in [2.45, 2.75) is 65.5 Å². The smallest absolute Gasteiger partial charge is 0.0697 e. The summed E-state index contributed by atoms with van der Waals surface area (Å²) in [6.07, 6.45) is 3.25. The Labute approximate surface area is 98.5 Å². The highest BCUT2D eigenvalue weighted by atomic mass is 16.3. The van der Waals surface area contributed by atoms with Crippen molar-refractivity contribution in [1.82, 2.24) is 9.78 Å². The molecule has 0 amide bonds. The normalized spacial score (nSPS) is 12.1. The van der Waals surface area contributed by atoms with E-state index in [9.17, 15) is 5.11 Å². The molecule has 16 heavy (non-hydrogen) atoms. The molecule has 1 aromatic heterocycles. The lowest BCUT2D eigenvalue weighted by Gasteiger charge is -2.25. The predicted octanol–water partition coefficient (Wildman–Crippen LogP) is 2.56. The number of rotatable bonds is 6. The maximum atomic E-state index is 10.3. The molecule has 0 aliphatic heterocycles. The lowest BCUT2D eigenvalue weighted by molar-refractivity contribution is 0.0307. The second kappa shape index (κ2) is 5.48. The molecule has 0 aliphatic carbocycles. The van der Waals surface area contributed by atoms with Crippen molar-refractivity contribution in [3.63, 3.8) is 0 Å². The van der Waals surface area contributed by atoms with Crippen LogP contribution in [0.5, 0.6) is 0 Å². The van der Waals surface area contributed by atoms with Crippen molar-refractivity contribution in [1.29, 1.82) is 0 Å². The highest BCUT2D eigenvalue weighted by Crippen LogP contribution is 2.21. The average Bonchev–Trinajstić information content (AvgIpc) is 2.71. The van der Waals surface area contributed by atoms with Gasteiger partial charge in [-0.05, 0) is 32.3 Å². The molecule has 1 aromatic rings. The summed E-state index contributed by atoms with van der Waals surface area (Å²) < 4.78 is 2.01. The third kappa shape index (κ3) is 2.85. The Morgan fingerprint density at radius 1 is 1.25 bits per heavy atom. The lowest BCUT2D eigenvalue weighted by atomic mass is 9.91. The fraction of sp³-hybridized carbons (Fsp3) is 0.769. The van der Waals surface area contributed by atoms with Gasteiger partial charge in [0.15, 0.2) is 0 Å². The summed E-state index contributed by atoms with van der Waals surface area (Å²) in [5.41, 5.74) is 1.70. The maximum Gasteiger partial charge on any atom is 0.0697 e. The van der Waals surface area contributed by atoms with E-state index >= 15 is 0 Å². The van der Waals surface area contributed by atoms with Gasteiger partial charge in [0.2, 0.25) is 0 Å². The van der Waals surface area contributed by atoms with Crippen LogP contribution in [-0.2, 0) is 19.4 Å². The highest BCUT2D eigenvalue weighted by molar-refractivity contribution is 5.13. The first kappa shape index (κ1) is 13.2. The van der Waals surface area contributed by atoms with Crippen LogP contribution < -0.4 is 0 Å². The van der Waals surface area contributed by atoms with Crippen molar-refractivity contribution < 1.29 is 5.11 Å². The van der Waals surface area contributed by atoms with Crippen molar-refractivity contribution in [2.24, 2.45) is 0 Å². The summed E-state index contributed by atoms with van der Waals surface area (Å²) in [5, 5.41) is 14.8. The predicted molar refractivity (Wildman–Crippen MR) is 66.5 cm³/mol. The second-order valence-corrected chi connectivity index (χ2v) is 4.40. The summed E-state index contributed by atoms with van der Waals surface area (Å²) in [5.74, 6) is 0. The molecule has 0 saturated carbocycles. The summed E-state index contributed by atoms with van der Waals surface area (Å²) in [7, 11) is 0. The van der Waals surface area contributed by atoms with Gasteiger partial charge in [0, 0.05) is 18.7 Å². The van der Waals surface area contributed by atoms with Crippen LogP contribution in [0.2, 0.25) is 0 Å². The van der Waals surface area contributed by atoms with E-state index in [2.05, 4.69) is 25.0 Å². The number of hydrogen-bond acceptors (Lipinski definition) is 2. The Morgan fingerprint density at radius 2 is 1.88 bits per heavy atom. The van der Waals surface area contributed by atoms with Gasteiger partial charge in [-0.25, -0.2) is 0 Å². The second-order valence-electron chi connectivity index (χ2n) is 4.40. The third-order valence-corrected chi connectivity index (χ3v) is 3.40. The van der Waals surface area contributed by atoms with Crippen LogP contribution in [0.4, 0.5) is 0 Å². The zero-order valence-electron chi connectivity index (χ0n) is 11.0. The van der Waals surface area contributed by atoms with Gasteiger partial charge in [0.05, 0.1) is 11.3 Å². The molecular weight excluding hydrogens is 200 g/mol. The molecule has 0 radical (unpaired) electrons. The van der Waals surface area contributed by atoms with E-state index in [0.29, 0.717) is 6.42 Å². The first-order valence-corrected chi connectivity index (χ1v) is 6.36. The fourth-order valence-electron chi connectivity index (χ4n) is 1.94. The minimum atomic E-state index is -0.571. The van der Waals surface area contributed by atoms with E-state index in [4.69, 9.17) is 0 Å². The van der Waals surface area contributed by atoms with Crippen LogP contribution in [0.1, 0.15) is 51.9 Å². The highest BCUT2D eigenvalue weighted by Gasteiger charge is 2.24. The zero-order chi connectivity index (χ0) is 12.2. The standard InChI is InChI=1S/C13H24N2O/c1-5-11-9-12(15(8-4)14-11)10-13(16,6-2)7-3/h9,16H,5-8,10H2,1-4H3. The van der Waals surface area contributed by atoms with Gasteiger partial charge in [0.25, 0.3) is 0 Å². The quantitative estimate of drug-likeness (QED) is 0.806. The molecule has 0 aromatic carbocycles. The number of aryl methyl sites for hydroxylation is 2. The Bertz CT molecular complexity index is 327. The van der Waals surface area contributed by atoms with Crippen LogP contribution in [0.15, 0.2) is 6.07 Å². The monoisotopic (exact) mass is 224 g/mol. The van der Waals surface area contributed by atoms with Crippen molar-refractivity contribution in [2.75, 3.05) is 0 Å². The lowest BCUT2D eigenvalue weighted by Crippen LogP contribution is -2.30. The molecule has 0 bridgehead atoms. The number of aromatic nitrogens is 2. The van der Waals surface area contributed by atoms with E-state index in [1.165, 1.54) is 0 Å². The van der Waals surface area contributed by atoms with Crippen LogP contribution in [0, 0.1) is 0 Å². The van der Waals surface area contributed by atoms with Gasteiger partial charge in [-0.1, -0.05) is 20.8 Å². The molecule has 92 valence electrons. The van der Waals surface area contributed by atoms with Gasteiger partial charge in [-0.3, -0.25) is 4.68 Å². The molecule has 1 rings (SSSR count). The molecule has 3 nitrogen and oxygen atoms in total. The Balaban J connectivity index is 2.90. The molecular formula is C13H24N2O.